The first kappa shape index (κ1) is 20.4. The third-order valence-corrected chi connectivity index (χ3v) is 5.33. The van der Waals surface area contributed by atoms with E-state index < -0.39 is 0 Å². The largest absolute Gasteiger partial charge is 0.359 e. The second kappa shape index (κ2) is 13.7. The van der Waals surface area contributed by atoms with Gasteiger partial charge in [-0.05, 0) is 13.3 Å². The highest BCUT2D eigenvalue weighted by Crippen LogP contribution is 2.16. The Balaban J connectivity index is 1.74. The Morgan fingerprint density at radius 3 is 1.48 bits per heavy atom. The highest BCUT2D eigenvalue weighted by molar-refractivity contribution is 4.93. The first-order valence-corrected chi connectivity index (χ1v) is 10.4. The molecule has 0 amide bonds. The summed E-state index contributed by atoms with van der Waals surface area (Å²) in [4.78, 5) is 4.74. The Labute approximate surface area is 146 Å². The molecule has 23 heavy (non-hydrogen) atoms. The number of hydrogen-bond donors (Lipinski definition) is 0. The molecule has 0 radical (unpaired) electrons. The molecule has 2 nitrogen and oxygen atoms in total. The van der Waals surface area contributed by atoms with Crippen LogP contribution < -0.4 is 0 Å². The Hall–Kier alpha value is -0.660. The molecule has 1 aliphatic heterocycles. The highest BCUT2D eigenvalue weighted by atomic mass is 15.4. The van der Waals surface area contributed by atoms with Crippen molar-refractivity contribution < 1.29 is 0 Å². The van der Waals surface area contributed by atoms with Crippen molar-refractivity contribution in [2.45, 2.75) is 110 Å². The maximum absolute atomic E-state index is 2.46. The van der Waals surface area contributed by atoms with E-state index in [4.69, 9.17) is 0 Å². The lowest BCUT2D eigenvalue weighted by atomic mass is 10.0. The number of hydrogen-bond acceptors (Lipinski definition) is 2. The fraction of sp³-hybridized carbons (Fsp3) is 0.905. The van der Waals surface area contributed by atoms with E-state index in [0.29, 0.717) is 6.17 Å². The van der Waals surface area contributed by atoms with Crippen molar-refractivity contribution in [3.05, 3.63) is 12.4 Å². The molecule has 1 rings (SSSR count). The zero-order valence-corrected chi connectivity index (χ0v) is 16.2. The van der Waals surface area contributed by atoms with Crippen LogP contribution in [0.3, 0.4) is 0 Å². The zero-order chi connectivity index (χ0) is 16.8. The van der Waals surface area contributed by atoms with Gasteiger partial charge in [0, 0.05) is 26.0 Å². The smallest absolute Gasteiger partial charge is 0.0974 e. The Morgan fingerprint density at radius 2 is 1.09 bits per heavy atom. The van der Waals surface area contributed by atoms with Gasteiger partial charge < -0.3 is 9.80 Å². The third-order valence-electron chi connectivity index (χ3n) is 5.33. The van der Waals surface area contributed by atoms with Crippen LogP contribution >= 0.6 is 0 Å². The van der Waals surface area contributed by atoms with Crippen molar-refractivity contribution in [2.24, 2.45) is 0 Å². The standard InChI is InChI=1S/C21H42N2/c1-4-5-6-7-8-9-10-11-12-13-14-15-16-17-18-23-20-19-22(3)21(23)2/h19-21H,4-18H2,1-3H3. The minimum atomic E-state index is 0.553. The average Bonchev–Trinajstić information content (AvgIpc) is 2.87. The van der Waals surface area contributed by atoms with E-state index in [9.17, 15) is 0 Å². The lowest BCUT2D eigenvalue weighted by molar-refractivity contribution is 0.192. The lowest BCUT2D eigenvalue weighted by Gasteiger charge is -2.26. The predicted molar refractivity (Wildman–Crippen MR) is 103 cm³/mol. The minimum absolute atomic E-state index is 0.553. The lowest BCUT2D eigenvalue weighted by Crippen LogP contribution is -2.34. The first-order chi connectivity index (χ1) is 11.3. The maximum Gasteiger partial charge on any atom is 0.0974 e. The average molecular weight is 323 g/mol. The van der Waals surface area contributed by atoms with Gasteiger partial charge in [-0.3, -0.25) is 0 Å². The van der Waals surface area contributed by atoms with Gasteiger partial charge in [0.2, 0.25) is 0 Å². The van der Waals surface area contributed by atoms with Crippen molar-refractivity contribution in [1.29, 1.82) is 0 Å². The van der Waals surface area contributed by atoms with Gasteiger partial charge in [0.1, 0.15) is 0 Å². The van der Waals surface area contributed by atoms with Crippen LogP contribution in [0.5, 0.6) is 0 Å². The normalized spacial score (nSPS) is 17.4. The number of unbranched alkanes of at least 4 members (excludes halogenated alkanes) is 13. The van der Waals surface area contributed by atoms with E-state index >= 15 is 0 Å². The summed E-state index contributed by atoms with van der Waals surface area (Å²) >= 11 is 0. The molecule has 0 aromatic carbocycles. The second-order valence-corrected chi connectivity index (χ2v) is 7.43. The van der Waals surface area contributed by atoms with Crippen LogP contribution in [0.2, 0.25) is 0 Å². The van der Waals surface area contributed by atoms with E-state index in [1.807, 2.05) is 0 Å². The fourth-order valence-corrected chi connectivity index (χ4v) is 3.42. The minimum Gasteiger partial charge on any atom is -0.359 e. The monoisotopic (exact) mass is 322 g/mol. The molecule has 0 aromatic heterocycles. The molecular weight excluding hydrogens is 280 g/mol. The molecule has 136 valence electrons. The summed E-state index contributed by atoms with van der Waals surface area (Å²) in [5.41, 5.74) is 0. The Kier molecular flexibility index (Phi) is 12.2. The van der Waals surface area contributed by atoms with E-state index in [-0.39, 0.29) is 0 Å². The van der Waals surface area contributed by atoms with Crippen LogP contribution in [0.25, 0.3) is 0 Å². The van der Waals surface area contributed by atoms with Gasteiger partial charge in [-0.15, -0.1) is 0 Å². The van der Waals surface area contributed by atoms with Crippen LogP contribution in [-0.2, 0) is 0 Å². The molecule has 1 heterocycles. The highest BCUT2D eigenvalue weighted by Gasteiger charge is 2.17. The molecule has 0 aromatic rings. The summed E-state index contributed by atoms with van der Waals surface area (Å²) < 4.78 is 0. The van der Waals surface area contributed by atoms with Crippen molar-refractivity contribution >= 4 is 0 Å². The van der Waals surface area contributed by atoms with Gasteiger partial charge >= 0.3 is 0 Å². The molecule has 2 heteroatoms. The molecule has 0 fully saturated rings. The molecule has 1 aliphatic rings. The van der Waals surface area contributed by atoms with Crippen molar-refractivity contribution in [3.8, 4) is 0 Å². The summed E-state index contributed by atoms with van der Waals surface area (Å²) in [5, 5.41) is 0. The maximum atomic E-state index is 2.46. The van der Waals surface area contributed by atoms with Gasteiger partial charge in [-0.2, -0.15) is 0 Å². The number of nitrogens with zero attached hydrogens (tertiary/aromatic N) is 2. The van der Waals surface area contributed by atoms with Crippen LogP contribution in [0.1, 0.15) is 104 Å². The molecule has 0 bridgehead atoms. The van der Waals surface area contributed by atoms with Gasteiger partial charge in [0.05, 0.1) is 6.17 Å². The van der Waals surface area contributed by atoms with Crippen molar-refractivity contribution in [2.75, 3.05) is 13.6 Å². The second-order valence-electron chi connectivity index (χ2n) is 7.43. The summed E-state index contributed by atoms with van der Waals surface area (Å²) in [7, 11) is 2.16. The van der Waals surface area contributed by atoms with Crippen LogP contribution in [0, 0.1) is 0 Å². The molecular formula is C21H42N2. The van der Waals surface area contributed by atoms with Gasteiger partial charge in [0.15, 0.2) is 0 Å². The topological polar surface area (TPSA) is 6.48 Å². The van der Waals surface area contributed by atoms with Crippen LogP contribution in [-0.4, -0.2) is 29.6 Å². The predicted octanol–water partition coefficient (Wildman–Crippen LogP) is 6.53. The SMILES string of the molecule is CCCCCCCCCCCCCCCCN1C=CN(C)C1C. The Bertz CT molecular complexity index is 288. The van der Waals surface area contributed by atoms with E-state index in [2.05, 4.69) is 43.1 Å². The molecule has 0 saturated carbocycles. The summed E-state index contributed by atoms with van der Waals surface area (Å²) in [6.45, 7) is 5.80. The molecule has 1 unspecified atom stereocenters. The summed E-state index contributed by atoms with van der Waals surface area (Å²) in [6, 6.07) is 0. The Morgan fingerprint density at radius 1 is 0.652 bits per heavy atom. The van der Waals surface area contributed by atoms with Crippen LogP contribution in [0.15, 0.2) is 12.4 Å². The number of rotatable bonds is 15. The van der Waals surface area contributed by atoms with Crippen LogP contribution in [0.4, 0.5) is 0 Å². The van der Waals surface area contributed by atoms with E-state index in [1.165, 1.54) is 96.4 Å². The molecule has 0 saturated heterocycles. The molecule has 0 N–H and O–H groups in total. The van der Waals surface area contributed by atoms with E-state index in [0.717, 1.165) is 0 Å². The first-order valence-electron chi connectivity index (χ1n) is 10.4. The van der Waals surface area contributed by atoms with Crippen molar-refractivity contribution in [1.82, 2.24) is 9.80 Å². The zero-order valence-electron chi connectivity index (χ0n) is 16.2. The summed E-state index contributed by atoms with van der Waals surface area (Å²) in [6.07, 6.45) is 25.1. The van der Waals surface area contributed by atoms with Gasteiger partial charge in [-0.1, -0.05) is 90.4 Å². The van der Waals surface area contributed by atoms with Gasteiger partial charge in [0.25, 0.3) is 0 Å². The summed E-state index contributed by atoms with van der Waals surface area (Å²) in [5.74, 6) is 0. The van der Waals surface area contributed by atoms with Crippen molar-refractivity contribution in [3.63, 3.8) is 0 Å². The van der Waals surface area contributed by atoms with Gasteiger partial charge in [-0.25, -0.2) is 0 Å². The molecule has 1 atom stereocenters. The van der Waals surface area contributed by atoms with E-state index in [1.54, 1.807) is 0 Å². The molecule has 0 spiro atoms. The quantitative estimate of drug-likeness (QED) is 0.316. The fourth-order valence-electron chi connectivity index (χ4n) is 3.42. The molecule has 0 aliphatic carbocycles. The third kappa shape index (κ3) is 9.94.